The summed E-state index contributed by atoms with van der Waals surface area (Å²) in [7, 11) is 4.81. The molecule has 1 fully saturated rings. The zero-order chi connectivity index (χ0) is 21.2. The minimum atomic E-state index is -0.523. The van der Waals surface area contributed by atoms with Gasteiger partial charge in [-0.05, 0) is 55.3 Å². The number of halogens is 3. The summed E-state index contributed by atoms with van der Waals surface area (Å²) in [4.78, 5) is 2.32. The van der Waals surface area contributed by atoms with Crippen LogP contribution in [-0.4, -0.2) is 50.5 Å². The summed E-state index contributed by atoms with van der Waals surface area (Å²) in [5, 5.41) is 11.7. The van der Waals surface area contributed by atoms with Crippen LogP contribution < -0.4 is 14.2 Å². The molecule has 2 aromatic rings. The van der Waals surface area contributed by atoms with Crippen LogP contribution in [0.25, 0.3) is 0 Å². The molecular formula is C22H28Cl3NO4. The molecule has 1 aliphatic heterocycles. The van der Waals surface area contributed by atoms with Crippen LogP contribution in [-0.2, 0) is 12.0 Å². The van der Waals surface area contributed by atoms with Gasteiger partial charge in [-0.3, -0.25) is 4.90 Å². The summed E-state index contributed by atoms with van der Waals surface area (Å²) in [6.07, 6.45) is 0.303. The standard InChI is InChI=1S/C22H27Cl2NO4.ClH/c1-14(26)22(16-5-6-17(23)18(24)11-16)7-8-25(13-22)12-15-9-19(27-2)21(29-4)20(10-15)28-3;/h5-6,9-11,14,26H,7-8,12-13H2,1-4H3;1H. The van der Waals surface area contributed by atoms with Crippen LogP contribution in [0.1, 0.15) is 24.5 Å². The van der Waals surface area contributed by atoms with Gasteiger partial charge in [0.1, 0.15) is 0 Å². The lowest BCUT2D eigenvalue weighted by Gasteiger charge is -2.33. The average Bonchev–Trinajstić information content (AvgIpc) is 3.14. The normalized spacial score (nSPS) is 19.8. The third-order valence-electron chi connectivity index (χ3n) is 5.80. The highest BCUT2D eigenvalue weighted by Gasteiger charge is 2.43. The number of methoxy groups -OCH3 is 3. The molecule has 0 saturated carbocycles. The Kier molecular flexibility index (Phi) is 8.54. The Morgan fingerprint density at radius 1 is 1.03 bits per heavy atom. The van der Waals surface area contributed by atoms with E-state index >= 15 is 0 Å². The molecule has 2 atom stereocenters. The molecule has 3 rings (SSSR count). The zero-order valence-corrected chi connectivity index (χ0v) is 19.9. The predicted molar refractivity (Wildman–Crippen MR) is 123 cm³/mol. The maximum absolute atomic E-state index is 10.7. The van der Waals surface area contributed by atoms with Gasteiger partial charge < -0.3 is 19.3 Å². The van der Waals surface area contributed by atoms with Gasteiger partial charge in [0, 0.05) is 18.5 Å². The lowest BCUT2D eigenvalue weighted by atomic mass is 9.75. The van der Waals surface area contributed by atoms with Crippen LogP contribution in [0.3, 0.4) is 0 Å². The number of likely N-dealkylation sites (tertiary alicyclic amines) is 1. The molecule has 0 amide bonds. The second-order valence-corrected chi connectivity index (χ2v) is 8.27. The smallest absolute Gasteiger partial charge is 0.203 e. The molecular weight excluding hydrogens is 449 g/mol. The second-order valence-electron chi connectivity index (χ2n) is 7.46. The number of ether oxygens (including phenoxy) is 3. The first-order valence-corrected chi connectivity index (χ1v) is 10.2. The summed E-state index contributed by atoms with van der Waals surface area (Å²) in [6, 6.07) is 9.56. The summed E-state index contributed by atoms with van der Waals surface area (Å²) in [6.45, 7) is 4.10. The van der Waals surface area contributed by atoms with Gasteiger partial charge in [0.05, 0.1) is 37.5 Å². The first-order chi connectivity index (χ1) is 13.8. The third-order valence-corrected chi connectivity index (χ3v) is 6.54. The molecule has 5 nitrogen and oxygen atoms in total. The van der Waals surface area contributed by atoms with E-state index in [1.165, 1.54) is 0 Å². The third kappa shape index (κ3) is 4.76. The molecule has 30 heavy (non-hydrogen) atoms. The fourth-order valence-electron chi connectivity index (χ4n) is 4.16. The van der Waals surface area contributed by atoms with Crippen molar-refractivity contribution < 1.29 is 19.3 Å². The molecule has 1 heterocycles. The quantitative estimate of drug-likeness (QED) is 0.612. The summed E-state index contributed by atoms with van der Waals surface area (Å²) >= 11 is 12.3. The predicted octanol–water partition coefficient (Wildman–Crippen LogP) is 4.97. The molecule has 0 spiro atoms. The summed E-state index contributed by atoms with van der Waals surface area (Å²) < 4.78 is 16.3. The first kappa shape index (κ1) is 24.9. The maximum atomic E-state index is 10.7. The molecule has 2 unspecified atom stereocenters. The molecule has 166 valence electrons. The monoisotopic (exact) mass is 475 g/mol. The lowest BCUT2D eigenvalue weighted by Crippen LogP contribution is -2.40. The number of rotatable bonds is 7. The molecule has 1 N–H and O–H groups in total. The van der Waals surface area contributed by atoms with Crippen LogP contribution in [0, 0.1) is 0 Å². The van der Waals surface area contributed by atoms with Crippen LogP contribution in [0.4, 0.5) is 0 Å². The molecule has 2 aromatic carbocycles. The molecule has 1 aliphatic rings. The summed E-state index contributed by atoms with van der Waals surface area (Å²) in [5.74, 6) is 1.84. The van der Waals surface area contributed by atoms with Crippen molar-refractivity contribution in [1.82, 2.24) is 4.90 Å². The van der Waals surface area contributed by atoms with Gasteiger partial charge in [0.2, 0.25) is 5.75 Å². The van der Waals surface area contributed by atoms with E-state index in [9.17, 15) is 5.11 Å². The van der Waals surface area contributed by atoms with Crippen LogP contribution in [0.2, 0.25) is 10.0 Å². The largest absolute Gasteiger partial charge is 0.493 e. The number of hydrogen-bond acceptors (Lipinski definition) is 5. The number of benzene rings is 2. The van der Waals surface area contributed by atoms with Gasteiger partial charge in [-0.15, -0.1) is 12.4 Å². The van der Waals surface area contributed by atoms with Crippen LogP contribution in [0.5, 0.6) is 17.2 Å². The van der Waals surface area contributed by atoms with Gasteiger partial charge in [-0.25, -0.2) is 0 Å². The zero-order valence-electron chi connectivity index (χ0n) is 17.6. The van der Waals surface area contributed by atoms with Crippen molar-refractivity contribution in [1.29, 1.82) is 0 Å². The second kappa shape index (κ2) is 10.3. The highest BCUT2D eigenvalue weighted by Crippen LogP contribution is 2.42. The fourth-order valence-corrected chi connectivity index (χ4v) is 4.46. The van der Waals surface area contributed by atoms with Gasteiger partial charge in [0.15, 0.2) is 11.5 Å². The Balaban J connectivity index is 0.00000320. The van der Waals surface area contributed by atoms with Crippen LogP contribution >= 0.6 is 35.6 Å². The van der Waals surface area contributed by atoms with E-state index in [-0.39, 0.29) is 12.4 Å². The Bertz CT molecular complexity index is 852. The topological polar surface area (TPSA) is 51.2 Å². The maximum Gasteiger partial charge on any atom is 0.203 e. The van der Waals surface area contributed by atoms with E-state index in [0.29, 0.717) is 40.4 Å². The number of nitrogens with zero attached hydrogens (tertiary/aromatic N) is 1. The molecule has 0 aliphatic carbocycles. The lowest BCUT2D eigenvalue weighted by molar-refractivity contribution is 0.0982. The van der Waals surface area contributed by atoms with Crippen molar-refractivity contribution >= 4 is 35.6 Å². The van der Waals surface area contributed by atoms with E-state index in [4.69, 9.17) is 37.4 Å². The Hall–Kier alpha value is -1.37. The van der Waals surface area contributed by atoms with Crippen molar-refractivity contribution in [3.63, 3.8) is 0 Å². The Morgan fingerprint density at radius 2 is 1.67 bits per heavy atom. The minimum Gasteiger partial charge on any atom is -0.493 e. The molecule has 0 radical (unpaired) electrons. The highest BCUT2D eigenvalue weighted by molar-refractivity contribution is 6.42. The van der Waals surface area contributed by atoms with Crippen molar-refractivity contribution in [3.05, 3.63) is 51.5 Å². The van der Waals surface area contributed by atoms with Crippen molar-refractivity contribution in [2.45, 2.75) is 31.4 Å². The van der Waals surface area contributed by atoms with Gasteiger partial charge in [-0.1, -0.05) is 29.3 Å². The van der Waals surface area contributed by atoms with Gasteiger partial charge >= 0.3 is 0 Å². The average molecular weight is 477 g/mol. The number of aliphatic hydroxyl groups is 1. The van der Waals surface area contributed by atoms with Crippen molar-refractivity contribution in [3.8, 4) is 17.2 Å². The molecule has 1 saturated heterocycles. The van der Waals surface area contributed by atoms with E-state index < -0.39 is 11.5 Å². The highest BCUT2D eigenvalue weighted by atomic mass is 35.5. The van der Waals surface area contributed by atoms with E-state index in [0.717, 1.165) is 24.1 Å². The molecule has 8 heteroatoms. The molecule has 0 bridgehead atoms. The van der Waals surface area contributed by atoms with Gasteiger partial charge in [-0.2, -0.15) is 0 Å². The Labute approximate surface area is 194 Å². The number of hydrogen-bond donors (Lipinski definition) is 1. The fraction of sp³-hybridized carbons (Fsp3) is 0.455. The summed E-state index contributed by atoms with van der Waals surface area (Å²) in [5.41, 5.74) is 1.67. The van der Waals surface area contributed by atoms with E-state index in [1.54, 1.807) is 27.4 Å². The SMILES string of the molecule is COc1cc(CN2CCC(c3ccc(Cl)c(Cl)c3)(C(C)O)C2)cc(OC)c1OC.Cl. The van der Waals surface area contributed by atoms with E-state index in [1.807, 2.05) is 31.2 Å². The minimum absolute atomic E-state index is 0. The molecule has 0 aromatic heterocycles. The van der Waals surface area contributed by atoms with Crippen molar-refractivity contribution in [2.24, 2.45) is 0 Å². The van der Waals surface area contributed by atoms with Crippen molar-refractivity contribution in [2.75, 3.05) is 34.4 Å². The van der Waals surface area contributed by atoms with Gasteiger partial charge in [0.25, 0.3) is 0 Å². The van der Waals surface area contributed by atoms with Crippen LogP contribution in [0.15, 0.2) is 30.3 Å². The first-order valence-electron chi connectivity index (χ1n) is 9.49. The van der Waals surface area contributed by atoms with E-state index in [2.05, 4.69) is 4.90 Å². The number of aliphatic hydroxyl groups excluding tert-OH is 1. The Morgan fingerprint density at radius 3 is 2.17 bits per heavy atom.